The molecule has 8 nitrogen and oxygen atoms in total. The average Bonchev–Trinajstić information content (AvgIpc) is 3.15. The Morgan fingerprint density at radius 1 is 1.37 bits per heavy atom. The van der Waals surface area contributed by atoms with E-state index in [9.17, 15) is 4.39 Å². The summed E-state index contributed by atoms with van der Waals surface area (Å²) in [6.07, 6.45) is 8.53. The number of ether oxygens (including phenoxy) is 1. The van der Waals surface area contributed by atoms with Crippen molar-refractivity contribution in [1.29, 1.82) is 0 Å². The molecule has 4 rings (SSSR count). The molecule has 3 N–H and O–H groups in total. The average molecular weight is 411 g/mol. The summed E-state index contributed by atoms with van der Waals surface area (Å²) < 4.78 is 18.4. The van der Waals surface area contributed by atoms with E-state index in [-0.39, 0.29) is 6.04 Å². The smallest absolute Gasteiger partial charge is 0.212 e. The number of hydrogen-bond acceptors (Lipinski definition) is 7. The molecule has 1 unspecified atom stereocenters. The van der Waals surface area contributed by atoms with Gasteiger partial charge in [0.05, 0.1) is 13.2 Å². The minimum absolute atomic E-state index is 0.0595. The van der Waals surface area contributed by atoms with Crippen LogP contribution in [0.5, 0.6) is 0 Å². The number of anilines is 1. The summed E-state index contributed by atoms with van der Waals surface area (Å²) in [6.45, 7) is 4.10. The number of aromatic nitrogens is 3. The first-order valence-electron chi connectivity index (χ1n) is 10.1. The van der Waals surface area contributed by atoms with Gasteiger partial charge in [0.2, 0.25) is 5.95 Å². The molecule has 1 atom stereocenters. The van der Waals surface area contributed by atoms with Gasteiger partial charge in [-0.15, -0.1) is 0 Å². The van der Waals surface area contributed by atoms with Gasteiger partial charge in [-0.05, 0) is 18.1 Å². The van der Waals surface area contributed by atoms with Gasteiger partial charge in [-0.2, -0.15) is 9.49 Å². The minimum atomic E-state index is -0.483. The standard InChI is InChI=1S/C21H26FN7O/c1-3-4-5-16-21(29(2)11-14-6-7-18(22)24-9-14)26-20(10-23-16)25-19-8-17(27-28-19)15-12-30-13-15/h4-10,15-16,23H,3,11-13H2,1-2H3,(H2,25,27,28)/b5-4+. The monoisotopic (exact) mass is 411 g/mol. The molecule has 0 amide bonds. The van der Waals surface area contributed by atoms with Crippen LogP contribution in [0.15, 0.2) is 53.6 Å². The van der Waals surface area contributed by atoms with Crippen molar-refractivity contribution in [1.82, 2.24) is 25.4 Å². The highest BCUT2D eigenvalue weighted by Crippen LogP contribution is 2.24. The van der Waals surface area contributed by atoms with Crippen molar-refractivity contribution in [3.63, 3.8) is 0 Å². The van der Waals surface area contributed by atoms with Gasteiger partial charge in [-0.1, -0.05) is 25.1 Å². The highest BCUT2D eigenvalue weighted by atomic mass is 19.1. The van der Waals surface area contributed by atoms with E-state index in [1.807, 2.05) is 24.2 Å². The van der Waals surface area contributed by atoms with Crippen LogP contribution in [-0.4, -0.2) is 52.2 Å². The molecular formula is C21H26FN7O. The van der Waals surface area contributed by atoms with E-state index in [1.165, 1.54) is 6.07 Å². The van der Waals surface area contributed by atoms with Gasteiger partial charge < -0.3 is 20.3 Å². The number of aromatic amines is 1. The van der Waals surface area contributed by atoms with Crippen LogP contribution in [0.2, 0.25) is 0 Å². The maximum absolute atomic E-state index is 13.1. The van der Waals surface area contributed by atoms with E-state index in [0.717, 1.165) is 36.7 Å². The molecular weight excluding hydrogens is 385 g/mol. The Balaban J connectivity index is 1.49. The molecule has 0 bridgehead atoms. The maximum Gasteiger partial charge on any atom is 0.212 e. The summed E-state index contributed by atoms with van der Waals surface area (Å²) in [5.41, 5.74) is 1.96. The number of likely N-dealkylation sites (N-methyl/N-ethyl adjacent to an activating group) is 1. The van der Waals surface area contributed by atoms with Gasteiger partial charge in [0.1, 0.15) is 17.7 Å². The van der Waals surface area contributed by atoms with E-state index in [0.29, 0.717) is 24.1 Å². The third-order valence-electron chi connectivity index (χ3n) is 5.01. The molecule has 9 heteroatoms. The van der Waals surface area contributed by atoms with Gasteiger partial charge in [0.25, 0.3) is 0 Å². The van der Waals surface area contributed by atoms with Gasteiger partial charge in [-0.3, -0.25) is 5.10 Å². The van der Waals surface area contributed by atoms with Crippen molar-refractivity contribution in [2.75, 3.05) is 25.6 Å². The Bertz CT molecular complexity index is 947. The second-order valence-electron chi connectivity index (χ2n) is 7.39. The lowest BCUT2D eigenvalue weighted by molar-refractivity contribution is 0.00670. The van der Waals surface area contributed by atoms with E-state index >= 15 is 0 Å². The third-order valence-corrected chi connectivity index (χ3v) is 5.01. The Hall–Kier alpha value is -3.20. The molecule has 30 heavy (non-hydrogen) atoms. The molecule has 0 spiro atoms. The van der Waals surface area contributed by atoms with Crippen LogP contribution in [0.4, 0.5) is 10.2 Å². The predicted octanol–water partition coefficient (Wildman–Crippen LogP) is 2.74. The summed E-state index contributed by atoms with van der Waals surface area (Å²) in [5, 5.41) is 14.0. The number of allylic oxidation sites excluding steroid dienone is 1. The van der Waals surface area contributed by atoms with Crippen molar-refractivity contribution < 1.29 is 9.13 Å². The topological polar surface area (TPSA) is 90.5 Å². The highest BCUT2D eigenvalue weighted by molar-refractivity contribution is 5.91. The van der Waals surface area contributed by atoms with Crippen LogP contribution < -0.4 is 10.6 Å². The first-order chi connectivity index (χ1) is 14.6. The lowest BCUT2D eigenvalue weighted by Crippen LogP contribution is -2.44. The van der Waals surface area contributed by atoms with E-state index in [1.54, 1.807) is 12.3 Å². The number of pyridine rings is 1. The van der Waals surface area contributed by atoms with Gasteiger partial charge >= 0.3 is 0 Å². The third kappa shape index (κ3) is 4.68. The summed E-state index contributed by atoms with van der Waals surface area (Å²) in [4.78, 5) is 10.6. The van der Waals surface area contributed by atoms with Gasteiger partial charge in [0, 0.05) is 43.7 Å². The Labute approximate surface area is 174 Å². The lowest BCUT2D eigenvalue weighted by atomic mass is 10.0. The maximum atomic E-state index is 13.1. The number of nitrogens with zero attached hydrogens (tertiary/aromatic N) is 4. The first kappa shape index (κ1) is 20.1. The molecule has 158 valence electrons. The predicted molar refractivity (Wildman–Crippen MR) is 113 cm³/mol. The molecule has 2 aromatic rings. The zero-order valence-corrected chi connectivity index (χ0v) is 17.1. The molecule has 0 radical (unpaired) electrons. The zero-order valence-electron chi connectivity index (χ0n) is 17.1. The fourth-order valence-corrected chi connectivity index (χ4v) is 3.28. The summed E-state index contributed by atoms with van der Waals surface area (Å²) in [5.74, 6) is 2.11. The van der Waals surface area contributed by atoms with Crippen LogP contribution in [-0.2, 0) is 11.3 Å². The van der Waals surface area contributed by atoms with Crippen molar-refractivity contribution in [2.24, 2.45) is 4.99 Å². The van der Waals surface area contributed by atoms with Crippen LogP contribution in [0.3, 0.4) is 0 Å². The molecule has 2 aromatic heterocycles. The zero-order chi connectivity index (χ0) is 20.9. The number of rotatable bonds is 7. The van der Waals surface area contributed by atoms with Crippen molar-refractivity contribution in [2.45, 2.75) is 31.8 Å². The second-order valence-corrected chi connectivity index (χ2v) is 7.39. The fraction of sp³-hybridized carbons (Fsp3) is 0.381. The summed E-state index contributed by atoms with van der Waals surface area (Å²) in [7, 11) is 1.96. The molecule has 0 saturated carbocycles. The molecule has 4 heterocycles. The van der Waals surface area contributed by atoms with Crippen LogP contribution >= 0.6 is 0 Å². The number of nitrogens with one attached hydrogen (secondary N) is 3. The van der Waals surface area contributed by atoms with Gasteiger partial charge in [-0.25, -0.2) is 9.98 Å². The second kappa shape index (κ2) is 9.08. The lowest BCUT2D eigenvalue weighted by Gasteiger charge is -2.29. The molecule has 2 aliphatic rings. The van der Waals surface area contributed by atoms with E-state index in [4.69, 9.17) is 9.73 Å². The molecule has 0 aliphatic carbocycles. The number of aliphatic imine (C=N–C) groups is 1. The van der Waals surface area contributed by atoms with Crippen molar-refractivity contribution in [3.8, 4) is 0 Å². The number of halogens is 1. The fourth-order valence-electron chi connectivity index (χ4n) is 3.28. The summed E-state index contributed by atoms with van der Waals surface area (Å²) in [6, 6.07) is 5.03. The largest absolute Gasteiger partial charge is 0.380 e. The highest BCUT2D eigenvalue weighted by Gasteiger charge is 2.24. The van der Waals surface area contributed by atoms with Crippen LogP contribution in [0, 0.1) is 5.95 Å². The Kier molecular flexibility index (Phi) is 6.08. The number of H-pyrrole nitrogens is 1. The number of amidine groups is 1. The molecule has 0 aromatic carbocycles. The Morgan fingerprint density at radius 3 is 2.93 bits per heavy atom. The first-order valence-corrected chi connectivity index (χ1v) is 10.1. The van der Waals surface area contributed by atoms with Crippen molar-refractivity contribution >= 4 is 11.7 Å². The number of hydrogen-bond donors (Lipinski definition) is 3. The quantitative estimate of drug-likeness (QED) is 0.480. The van der Waals surface area contributed by atoms with Crippen molar-refractivity contribution in [3.05, 3.63) is 65.8 Å². The minimum Gasteiger partial charge on any atom is -0.380 e. The van der Waals surface area contributed by atoms with E-state index < -0.39 is 5.95 Å². The SMILES string of the molecule is CC/C=C/C1NC=C(Nc2cc(C3COC3)[nH]n2)N=C1N(C)Cc1ccc(F)nc1. The Morgan fingerprint density at radius 2 is 2.23 bits per heavy atom. The van der Waals surface area contributed by atoms with Crippen LogP contribution in [0.1, 0.15) is 30.5 Å². The molecule has 1 fully saturated rings. The van der Waals surface area contributed by atoms with Gasteiger partial charge in [0.15, 0.2) is 5.82 Å². The molecule has 1 saturated heterocycles. The van der Waals surface area contributed by atoms with Crippen LogP contribution in [0.25, 0.3) is 0 Å². The van der Waals surface area contributed by atoms with E-state index in [2.05, 4.69) is 44.9 Å². The summed E-state index contributed by atoms with van der Waals surface area (Å²) >= 11 is 0. The molecule has 2 aliphatic heterocycles. The normalized spacial score (nSPS) is 19.1.